The molecule has 0 aliphatic heterocycles. The molecule has 0 radical (unpaired) electrons. The Balaban J connectivity index is 2.67. The Morgan fingerprint density at radius 1 is 1.39 bits per heavy atom. The summed E-state index contributed by atoms with van der Waals surface area (Å²) in [5, 5.41) is 14.0. The fourth-order valence-corrected chi connectivity index (χ4v) is 1.80. The number of nitrogens with one attached hydrogen (secondary N) is 1. The normalized spacial score (nSPS) is 10.6. The van der Waals surface area contributed by atoms with Crippen LogP contribution in [0.1, 0.15) is 13.8 Å². The van der Waals surface area contributed by atoms with E-state index in [0.29, 0.717) is 12.2 Å². The maximum atomic E-state index is 10.9. The van der Waals surface area contributed by atoms with E-state index in [1.165, 1.54) is 6.07 Å². The molecule has 1 rings (SSSR count). The van der Waals surface area contributed by atoms with Crippen molar-refractivity contribution in [1.29, 1.82) is 0 Å². The monoisotopic (exact) mass is 252 g/mol. The highest BCUT2D eigenvalue weighted by Gasteiger charge is 2.17. The summed E-state index contributed by atoms with van der Waals surface area (Å²) in [6.07, 6.45) is 0. The predicted octanol–water partition coefficient (Wildman–Crippen LogP) is 1.93. The number of likely N-dealkylation sites (N-methyl/N-ethyl adjacent to an activating group) is 1. The second-order valence-electron chi connectivity index (χ2n) is 3.95. The van der Waals surface area contributed by atoms with Gasteiger partial charge in [0.25, 0.3) is 0 Å². The van der Waals surface area contributed by atoms with E-state index >= 15 is 0 Å². The molecule has 0 bridgehead atoms. The van der Waals surface area contributed by atoms with Gasteiger partial charge in [0, 0.05) is 13.1 Å². The van der Waals surface area contributed by atoms with Crippen molar-refractivity contribution in [1.82, 2.24) is 4.90 Å². The minimum Gasteiger partial charge on any atom is -0.393 e. The van der Waals surface area contributed by atoms with E-state index < -0.39 is 4.92 Å². The number of nitrogens with zero attached hydrogens (tertiary/aromatic N) is 2. The largest absolute Gasteiger partial charge is 0.393 e. The molecule has 3 N–H and O–H groups in total. The fraction of sp³-hybridized carbons (Fsp3) is 0.500. The molecular formula is C12H20N4O2. The Hall–Kier alpha value is -1.82. The van der Waals surface area contributed by atoms with Gasteiger partial charge in [0.15, 0.2) is 0 Å². The number of nitrogens with two attached hydrogens (primary N) is 1. The molecule has 1 aromatic carbocycles. The van der Waals surface area contributed by atoms with Gasteiger partial charge in [0.2, 0.25) is 0 Å². The topological polar surface area (TPSA) is 84.4 Å². The Morgan fingerprint density at radius 2 is 2.06 bits per heavy atom. The van der Waals surface area contributed by atoms with E-state index in [2.05, 4.69) is 24.1 Å². The third-order valence-corrected chi connectivity index (χ3v) is 2.89. The first kappa shape index (κ1) is 14.2. The number of benzene rings is 1. The average molecular weight is 252 g/mol. The average Bonchev–Trinajstić information content (AvgIpc) is 2.34. The van der Waals surface area contributed by atoms with Crippen molar-refractivity contribution in [3.05, 3.63) is 28.3 Å². The van der Waals surface area contributed by atoms with Crippen molar-refractivity contribution in [2.24, 2.45) is 0 Å². The van der Waals surface area contributed by atoms with Crippen molar-refractivity contribution >= 4 is 17.1 Å². The number of nitro benzene ring substituents is 1. The van der Waals surface area contributed by atoms with Crippen LogP contribution in [0.3, 0.4) is 0 Å². The lowest BCUT2D eigenvalue weighted by Gasteiger charge is -2.18. The van der Waals surface area contributed by atoms with Crippen molar-refractivity contribution in [3.8, 4) is 0 Å². The molecule has 0 aliphatic carbocycles. The lowest BCUT2D eigenvalue weighted by molar-refractivity contribution is -0.383. The van der Waals surface area contributed by atoms with Crippen LogP contribution in [-0.4, -0.2) is 36.0 Å². The van der Waals surface area contributed by atoms with Gasteiger partial charge in [-0.1, -0.05) is 19.9 Å². The zero-order valence-corrected chi connectivity index (χ0v) is 10.8. The second kappa shape index (κ2) is 6.80. The third-order valence-electron chi connectivity index (χ3n) is 2.89. The highest BCUT2D eigenvalue weighted by molar-refractivity contribution is 5.74. The van der Waals surface area contributed by atoms with E-state index in [0.717, 1.165) is 19.6 Å². The minimum atomic E-state index is -0.449. The molecule has 1 aromatic rings. The molecule has 0 atom stereocenters. The number of nitro groups is 1. The summed E-state index contributed by atoms with van der Waals surface area (Å²) in [7, 11) is 0. The van der Waals surface area contributed by atoms with Crippen molar-refractivity contribution in [2.45, 2.75) is 13.8 Å². The maximum Gasteiger partial charge on any atom is 0.314 e. The lowest BCUT2D eigenvalue weighted by Crippen LogP contribution is -2.28. The number of anilines is 2. The molecule has 0 aliphatic rings. The van der Waals surface area contributed by atoms with Crippen molar-refractivity contribution < 1.29 is 4.92 Å². The summed E-state index contributed by atoms with van der Waals surface area (Å²) in [4.78, 5) is 12.7. The molecule has 0 aromatic heterocycles. The fourth-order valence-electron chi connectivity index (χ4n) is 1.80. The first-order chi connectivity index (χ1) is 8.60. The summed E-state index contributed by atoms with van der Waals surface area (Å²) in [6, 6.07) is 4.92. The molecule has 0 fully saturated rings. The Labute approximate surface area is 107 Å². The van der Waals surface area contributed by atoms with Crippen molar-refractivity contribution in [3.63, 3.8) is 0 Å². The summed E-state index contributed by atoms with van der Waals surface area (Å²) in [5.74, 6) is 0. The molecule has 0 saturated heterocycles. The van der Waals surface area contributed by atoms with Crippen LogP contribution in [0, 0.1) is 10.1 Å². The van der Waals surface area contributed by atoms with Gasteiger partial charge in [0.05, 0.1) is 4.92 Å². The van der Waals surface area contributed by atoms with Gasteiger partial charge in [-0.15, -0.1) is 0 Å². The molecule has 6 heteroatoms. The standard InChI is InChI=1S/C12H20N4O2/c1-3-15(4-2)9-8-14-11-7-5-6-10(13)12(11)16(17)18/h5-7,14H,3-4,8-9,13H2,1-2H3. The van der Waals surface area contributed by atoms with Crippen LogP contribution in [0.15, 0.2) is 18.2 Å². The number of rotatable bonds is 7. The summed E-state index contributed by atoms with van der Waals surface area (Å²) in [6.45, 7) is 7.62. The SMILES string of the molecule is CCN(CC)CCNc1cccc(N)c1[N+](=O)[O-]. The predicted molar refractivity (Wildman–Crippen MR) is 73.8 cm³/mol. The highest BCUT2D eigenvalue weighted by atomic mass is 16.6. The molecule has 18 heavy (non-hydrogen) atoms. The Kier molecular flexibility index (Phi) is 5.38. The highest BCUT2D eigenvalue weighted by Crippen LogP contribution is 2.30. The molecule has 0 heterocycles. The Bertz CT molecular complexity index is 405. The van der Waals surface area contributed by atoms with Gasteiger partial charge < -0.3 is 16.0 Å². The molecule has 0 amide bonds. The van der Waals surface area contributed by atoms with Crippen LogP contribution < -0.4 is 11.1 Å². The molecular weight excluding hydrogens is 232 g/mol. The smallest absolute Gasteiger partial charge is 0.314 e. The van der Waals surface area contributed by atoms with Gasteiger partial charge in [-0.3, -0.25) is 10.1 Å². The van der Waals surface area contributed by atoms with Crippen molar-refractivity contribution in [2.75, 3.05) is 37.2 Å². The minimum absolute atomic E-state index is 0.0444. The van der Waals surface area contributed by atoms with Crippen LogP contribution in [0.25, 0.3) is 0 Å². The quantitative estimate of drug-likeness (QED) is 0.440. The molecule has 100 valence electrons. The van der Waals surface area contributed by atoms with Gasteiger partial charge in [-0.2, -0.15) is 0 Å². The molecule has 0 unspecified atom stereocenters. The van der Waals surface area contributed by atoms with Crippen LogP contribution in [-0.2, 0) is 0 Å². The van der Waals surface area contributed by atoms with Crippen LogP contribution in [0.4, 0.5) is 17.1 Å². The second-order valence-corrected chi connectivity index (χ2v) is 3.95. The number of nitrogen functional groups attached to an aromatic ring is 1. The maximum absolute atomic E-state index is 10.9. The van der Waals surface area contributed by atoms with E-state index in [-0.39, 0.29) is 11.4 Å². The zero-order valence-electron chi connectivity index (χ0n) is 10.8. The van der Waals surface area contributed by atoms with E-state index in [1.807, 2.05) is 0 Å². The first-order valence-electron chi connectivity index (χ1n) is 6.09. The zero-order chi connectivity index (χ0) is 13.5. The Morgan fingerprint density at radius 3 is 2.61 bits per heavy atom. The number of para-hydroxylation sites is 1. The van der Waals surface area contributed by atoms with E-state index in [4.69, 9.17) is 5.73 Å². The van der Waals surface area contributed by atoms with Crippen LogP contribution >= 0.6 is 0 Å². The van der Waals surface area contributed by atoms with E-state index in [1.54, 1.807) is 12.1 Å². The molecule has 0 spiro atoms. The van der Waals surface area contributed by atoms with E-state index in [9.17, 15) is 10.1 Å². The number of hydrogen-bond donors (Lipinski definition) is 2. The van der Waals surface area contributed by atoms with Gasteiger partial charge in [-0.25, -0.2) is 0 Å². The molecule has 0 saturated carbocycles. The summed E-state index contributed by atoms with van der Waals surface area (Å²) >= 11 is 0. The van der Waals surface area contributed by atoms with Crippen LogP contribution in [0.5, 0.6) is 0 Å². The summed E-state index contributed by atoms with van der Waals surface area (Å²) < 4.78 is 0. The lowest BCUT2D eigenvalue weighted by atomic mass is 10.2. The third kappa shape index (κ3) is 3.59. The summed E-state index contributed by atoms with van der Waals surface area (Å²) in [5.41, 5.74) is 6.24. The van der Waals surface area contributed by atoms with Gasteiger partial charge in [0.1, 0.15) is 11.4 Å². The molecule has 6 nitrogen and oxygen atoms in total. The van der Waals surface area contributed by atoms with Gasteiger partial charge in [-0.05, 0) is 25.2 Å². The van der Waals surface area contributed by atoms with Crippen LogP contribution in [0.2, 0.25) is 0 Å². The number of hydrogen-bond acceptors (Lipinski definition) is 5. The van der Waals surface area contributed by atoms with Gasteiger partial charge >= 0.3 is 5.69 Å². The first-order valence-corrected chi connectivity index (χ1v) is 6.09.